The van der Waals surface area contributed by atoms with Crippen molar-refractivity contribution in [2.75, 3.05) is 6.61 Å². The van der Waals surface area contributed by atoms with E-state index in [0.29, 0.717) is 18.8 Å². The van der Waals surface area contributed by atoms with Gasteiger partial charge in [0.25, 0.3) is 0 Å². The van der Waals surface area contributed by atoms with E-state index in [1.54, 1.807) is 6.08 Å². The molecule has 0 aromatic heterocycles. The van der Waals surface area contributed by atoms with E-state index < -0.39 is 32.1 Å². The molecule has 0 amide bonds. The molecule has 220 valence electrons. The summed E-state index contributed by atoms with van der Waals surface area (Å²) in [6.45, 7) is 13.2. The van der Waals surface area contributed by atoms with Crippen molar-refractivity contribution in [2.24, 2.45) is 17.8 Å². The van der Waals surface area contributed by atoms with Gasteiger partial charge in [0.1, 0.15) is 18.5 Å². The average molecular weight is 571 g/mol. The summed E-state index contributed by atoms with van der Waals surface area (Å²) in [5.74, 6) is -0.0840. The summed E-state index contributed by atoms with van der Waals surface area (Å²) in [6, 6.07) is 4.63. The lowest BCUT2D eigenvalue weighted by Crippen LogP contribution is -2.45. The summed E-state index contributed by atoms with van der Waals surface area (Å²) in [7, 11) is -2.02. The Labute approximate surface area is 232 Å². The van der Waals surface area contributed by atoms with E-state index in [1.807, 2.05) is 12.2 Å². The molecule has 0 bridgehead atoms. The number of carbonyl (C=O) groups is 1. The third kappa shape index (κ3) is 10.4. The molecule has 2 N–H and O–H groups in total. The minimum Gasteiger partial charge on any atom is -0.491 e. The maximum absolute atomic E-state index is 13.0. The van der Waals surface area contributed by atoms with Gasteiger partial charge in [-0.1, -0.05) is 58.1 Å². The van der Waals surface area contributed by atoms with Crippen molar-refractivity contribution in [1.29, 1.82) is 0 Å². The molecule has 1 aliphatic carbocycles. The van der Waals surface area contributed by atoms with Crippen molar-refractivity contribution in [3.63, 3.8) is 0 Å². The molecule has 2 rings (SSSR count). The van der Waals surface area contributed by atoms with Crippen molar-refractivity contribution < 1.29 is 37.3 Å². The van der Waals surface area contributed by atoms with Gasteiger partial charge < -0.3 is 19.4 Å². The van der Waals surface area contributed by atoms with Crippen LogP contribution in [-0.4, -0.2) is 43.3 Å². The van der Waals surface area contributed by atoms with Crippen LogP contribution in [0.4, 0.5) is 13.2 Å². The Kier molecular flexibility index (Phi) is 11.9. The number of rotatable bonds is 13. The topological polar surface area (TPSA) is 76.0 Å². The Bertz CT molecular complexity index is 984. The lowest BCUT2D eigenvalue weighted by atomic mass is 9.87. The van der Waals surface area contributed by atoms with Gasteiger partial charge in [0.15, 0.2) is 8.32 Å². The molecular weight excluding hydrogens is 525 g/mol. The van der Waals surface area contributed by atoms with Gasteiger partial charge >= 0.3 is 12.1 Å². The number of aliphatic hydroxyl groups is 1. The van der Waals surface area contributed by atoms with Crippen molar-refractivity contribution in [2.45, 2.75) is 96.3 Å². The molecular formula is C30H45F3O5Si. The number of hydrogen-bond donors (Lipinski definition) is 2. The molecule has 9 heteroatoms. The quantitative estimate of drug-likeness (QED) is 0.143. The summed E-state index contributed by atoms with van der Waals surface area (Å²) < 4.78 is 51.2. The number of alkyl halides is 3. The number of carboxylic acids is 1. The third-order valence-electron chi connectivity index (χ3n) is 7.96. The average Bonchev–Trinajstić information content (AvgIpc) is 3.10. The molecule has 39 heavy (non-hydrogen) atoms. The van der Waals surface area contributed by atoms with Crippen LogP contribution in [0.1, 0.15) is 65.4 Å². The summed E-state index contributed by atoms with van der Waals surface area (Å²) in [4.78, 5) is 10.8. The van der Waals surface area contributed by atoms with E-state index in [2.05, 4.69) is 46.9 Å². The Morgan fingerprint density at radius 1 is 1.21 bits per heavy atom. The molecule has 1 saturated carbocycles. The highest BCUT2D eigenvalue weighted by Gasteiger charge is 2.46. The highest BCUT2D eigenvalue weighted by molar-refractivity contribution is 6.74. The van der Waals surface area contributed by atoms with Crippen LogP contribution in [0.25, 0.3) is 0 Å². The fourth-order valence-electron chi connectivity index (χ4n) is 4.70. The number of allylic oxidation sites excluding steroid dienone is 3. The van der Waals surface area contributed by atoms with Gasteiger partial charge in [-0.05, 0) is 79.8 Å². The largest absolute Gasteiger partial charge is 0.491 e. The minimum absolute atomic E-state index is 0.0558. The molecule has 5 atom stereocenters. The lowest BCUT2D eigenvalue weighted by Gasteiger charge is -2.40. The number of carboxylic acid groups (broad SMARTS) is 1. The maximum Gasteiger partial charge on any atom is 0.416 e. The number of unbranched alkanes of at least 4 members (excludes halogenated alkanes) is 1. The molecule has 0 unspecified atom stereocenters. The van der Waals surface area contributed by atoms with E-state index in [4.69, 9.17) is 14.3 Å². The van der Waals surface area contributed by atoms with Crippen LogP contribution in [0.5, 0.6) is 5.75 Å². The molecule has 0 heterocycles. The summed E-state index contributed by atoms with van der Waals surface area (Å²) in [5.41, 5.74) is -0.795. The number of aliphatic hydroxyl groups excluding tert-OH is 1. The predicted octanol–water partition coefficient (Wildman–Crippen LogP) is 7.87. The van der Waals surface area contributed by atoms with Crippen molar-refractivity contribution >= 4 is 14.3 Å². The first-order valence-electron chi connectivity index (χ1n) is 13.7. The molecule has 0 saturated heterocycles. The van der Waals surface area contributed by atoms with Crippen LogP contribution < -0.4 is 4.74 Å². The van der Waals surface area contributed by atoms with Gasteiger partial charge in [-0.25, -0.2) is 0 Å². The van der Waals surface area contributed by atoms with Gasteiger partial charge in [-0.2, -0.15) is 13.2 Å². The molecule has 1 aliphatic rings. The molecule has 5 nitrogen and oxygen atoms in total. The number of benzene rings is 1. The molecule has 0 spiro atoms. The fraction of sp³-hybridized carbons (Fsp3) is 0.633. The smallest absolute Gasteiger partial charge is 0.416 e. The van der Waals surface area contributed by atoms with Gasteiger partial charge in [-0.3, -0.25) is 4.79 Å². The monoisotopic (exact) mass is 570 g/mol. The first-order valence-corrected chi connectivity index (χ1v) is 16.6. The van der Waals surface area contributed by atoms with E-state index in [-0.39, 0.29) is 41.8 Å². The van der Waals surface area contributed by atoms with E-state index in [0.717, 1.165) is 25.0 Å². The van der Waals surface area contributed by atoms with Crippen LogP contribution >= 0.6 is 0 Å². The van der Waals surface area contributed by atoms with Crippen LogP contribution in [0, 0.1) is 17.8 Å². The van der Waals surface area contributed by atoms with Gasteiger partial charge in [0.2, 0.25) is 0 Å². The van der Waals surface area contributed by atoms with Crippen LogP contribution in [0.3, 0.4) is 0 Å². The van der Waals surface area contributed by atoms with Crippen LogP contribution in [0.2, 0.25) is 18.1 Å². The van der Waals surface area contributed by atoms with Gasteiger partial charge in [0.05, 0.1) is 5.56 Å². The summed E-state index contributed by atoms with van der Waals surface area (Å²) in [5, 5.41) is 19.4. The lowest BCUT2D eigenvalue weighted by molar-refractivity contribution is -0.138. The van der Waals surface area contributed by atoms with Crippen molar-refractivity contribution in [3.8, 4) is 5.75 Å². The maximum atomic E-state index is 13.0. The zero-order valence-electron chi connectivity index (χ0n) is 24.0. The first kappa shape index (κ1) is 33.1. The van der Waals surface area contributed by atoms with E-state index in [1.165, 1.54) is 12.1 Å². The van der Waals surface area contributed by atoms with Crippen LogP contribution in [-0.2, 0) is 15.4 Å². The molecule has 1 fully saturated rings. The number of hydrogen-bond acceptors (Lipinski definition) is 4. The van der Waals surface area contributed by atoms with Gasteiger partial charge in [0, 0.05) is 12.5 Å². The molecule has 0 radical (unpaired) electrons. The Hall–Kier alpha value is -2.10. The molecule has 1 aromatic rings. The molecule has 1 aromatic carbocycles. The second-order valence-corrected chi connectivity index (χ2v) is 16.9. The zero-order valence-corrected chi connectivity index (χ0v) is 25.0. The SMILES string of the molecule is C[C@@H]1C[C@H](O[Si](C)(C)C(C)(C)C)[C@H](C/C=C\CCCC(=O)O)[C@H]1/C=C/[C@@H](O)COc1cccc(C(F)(F)F)c1. The van der Waals surface area contributed by atoms with E-state index >= 15 is 0 Å². The highest BCUT2D eigenvalue weighted by Crippen LogP contribution is 2.46. The third-order valence-corrected chi connectivity index (χ3v) is 12.5. The Morgan fingerprint density at radius 2 is 1.90 bits per heavy atom. The highest BCUT2D eigenvalue weighted by atomic mass is 28.4. The number of halogens is 3. The number of ether oxygens (including phenoxy) is 1. The second kappa shape index (κ2) is 14.0. The Balaban J connectivity index is 2.10. The van der Waals surface area contributed by atoms with Crippen LogP contribution in [0.15, 0.2) is 48.6 Å². The summed E-state index contributed by atoms with van der Waals surface area (Å²) >= 11 is 0. The fourth-order valence-corrected chi connectivity index (χ4v) is 6.08. The van der Waals surface area contributed by atoms with E-state index in [9.17, 15) is 23.1 Å². The minimum atomic E-state index is -4.46. The first-order chi connectivity index (χ1) is 18.0. The Morgan fingerprint density at radius 3 is 2.51 bits per heavy atom. The van der Waals surface area contributed by atoms with Gasteiger partial charge in [-0.15, -0.1) is 0 Å². The summed E-state index contributed by atoms with van der Waals surface area (Å²) in [6.07, 6.45) is 5.58. The normalized spacial score (nSPS) is 23.5. The van der Waals surface area contributed by atoms with Crippen molar-refractivity contribution in [3.05, 3.63) is 54.1 Å². The standard InChI is InChI=1S/C30H45F3O5Si/c1-21-18-27(38-39(5,6)29(2,3)4)26(14-9-7-8-10-15-28(35)36)25(21)17-16-23(34)20-37-24-13-11-12-22(19-24)30(31,32)33/h7,9,11-13,16-17,19,21,23,25-27,34H,8,10,14-15,18,20H2,1-6H3,(H,35,36)/b9-7-,17-16+/t21-,23-,25+,26-,27+/m1/s1. The zero-order chi connectivity index (χ0) is 29.4. The number of aliphatic carboxylic acids is 1. The predicted molar refractivity (Wildman–Crippen MR) is 150 cm³/mol. The second-order valence-electron chi connectivity index (χ2n) is 12.2. The van der Waals surface area contributed by atoms with Crippen molar-refractivity contribution in [1.82, 2.24) is 0 Å². The molecule has 0 aliphatic heterocycles.